The predicted molar refractivity (Wildman–Crippen MR) is 90.3 cm³/mol. The van der Waals surface area contributed by atoms with Gasteiger partial charge in [0.25, 0.3) is 10.0 Å². The molecule has 126 valence electrons. The standard InChI is InChI=1S/C15H22N4O3S/c1-11-15(12(2)22-17-11)23(20,21)18-14-7-5-13(6-8-14)16-9-10-19(3)4/h5-8,16,18H,9-10H2,1-4H3. The monoisotopic (exact) mass is 338 g/mol. The van der Waals surface area contributed by atoms with Crippen LogP contribution in [0.5, 0.6) is 0 Å². The Morgan fingerprint density at radius 1 is 1.13 bits per heavy atom. The molecule has 1 heterocycles. The fourth-order valence-electron chi connectivity index (χ4n) is 2.14. The largest absolute Gasteiger partial charge is 0.384 e. The van der Waals surface area contributed by atoms with Crippen molar-refractivity contribution in [1.82, 2.24) is 10.1 Å². The summed E-state index contributed by atoms with van der Waals surface area (Å²) >= 11 is 0. The molecule has 0 saturated heterocycles. The van der Waals surface area contributed by atoms with E-state index in [1.807, 2.05) is 26.2 Å². The second-order valence-corrected chi connectivity index (χ2v) is 7.19. The number of hydrogen-bond acceptors (Lipinski definition) is 6. The Morgan fingerprint density at radius 3 is 2.26 bits per heavy atom. The molecule has 0 fully saturated rings. The number of anilines is 2. The van der Waals surface area contributed by atoms with Gasteiger partial charge in [-0.3, -0.25) is 4.72 Å². The third-order valence-corrected chi connectivity index (χ3v) is 4.89. The Balaban J connectivity index is 2.06. The summed E-state index contributed by atoms with van der Waals surface area (Å²) in [4.78, 5) is 2.17. The van der Waals surface area contributed by atoms with E-state index in [9.17, 15) is 8.42 Å². The van der Waals surface area contributed by atoms with Crippen molar-refractivity contribution >= 4 is 21.4 Å². The van der Waals surface area contributed by atoms with E-state index >= 15 is 0 Å². The second kappa shape index (κ2) is 7.01. The Bertz CT molecular complexity index is 732. The van der Waals surface area contributed by atoms with Gasteiger partial charge in [-0.05, 0) is 52.2 Å². The van der Waals surface area contributed by atoms with Crippen molar-refractivity contribution in [1.29, 1.82) is 0 Å². The maximum atomic E-state index is 12.4. The molecule has 2 aromatic rings. The van der Waals surface area contributed by atoms with Crippen molar-refractivity contribution in [3.8, 4) is 0 Å². The van der Waals surface area contributed by atoms with Gasteiger partial charge in [0.15, 0.2) is 10.7 Å². The zero-order chi connectivity index (χ0) is 17.0. The van der Waals surface area contributed by atoms with Crippen molar-refractivity contribution in [2.75, 3.05) is 37.2 Å². The van der Waals surface area contributed by atoms with Crippen LogP contribution in [0.25, 0.3) is 0 Å². The van der Waals surface area contributed by atoms with Crippen LogP contribution >= 0.6 is 0 Å². The van der Waals surface area contributed by atoms with Gasteiger partial charge in [-0.15, -0.1) is 0 Å². The highest BCUT2D eigenvalue weighted by Gasteiger charge is 2.24. The van der Waals surface area contributed by atoms with E-state index < -0.39 is 10.0 Å². The smallest absolute Gasteiger partial charge is 0.267 e. The minimum Gasteiger partial charge on any atom is -0.384 e. The minimum absolute atomic E-state index is 0.0886. The number of sulfonamides is 1. The number of aryl methyl sites for hydroxylation is 2. The summed E-state index contributed by atoms with van der Waals surface area (Å²) in [6.07, 6.45) is 0. The van der Waals surface area contributed by atoms with Gasteiger partial charge in [0.05, 0.1) is 0 Å². The fraction of sp³-hybridized carbons (Fsp3) is 0.400. The summed E-state index contributed by atoms with van der Waals surface area (Å²) in [5, 5.41) is 6.95. The van der Waals surface area contributed by atoms with Crippen LogP contribution in [0.15, 0.2) is 33.7 Å². The van der Waals surface area contributed by atoms with E-state index in [0.717, 1.165) is 18.8 Å². The molecule has 1 aromatic heterocycles. The lowest BCUT2D eigenvalue weighted by Gasteiger charge is -2.12. The number of nitrogens with zero attached hydrogens (tertiary/aromatic N) is 2. The lowest BCUT2D eigenvalue weighted by molar-refractivity contribution is 0.390. The van der Waals surface area contributed by atoms with Gasteiger partial charge in [0, 0.05) is 24.5 Å². The number of aromatic nitrogens is 1. The summed E-state index contributed by atoms with van der Waals surface area (Å²) in [6.45, 7) is 4.91. The molecular weight excluding hydrogens is 316 g/mol. The lowest BCUT2D eigenvalue weighted by Crippen LogP contribution is -2.20. The van der Waals surface area contributed by atoms with Crippen LogP contribution in [-0.4, -0.2) is 45.7 Å². The van der Waals surface area contributed by atoms with Gasteiger partial charge >= 0.3 is 0 Å². The van der Waals surface area contributed by atoms with Gasteiger partial charge in [-0.2, -0.15) is 0 Å². The molecule has 0 radical (unpaired) electrons. The molecular formula is C15H22N4O3S. The van der Waals surface area contributed by atoms with E-state index in [4.69, 9.17) is 4.52 Å². The van der Waals surface area contributed by atoms with Crippen LogP contribution in [0, 0.1) is 13.8 Å². The first-order chi connectivity index (χ1) is 10.8. The van der Waals surface area contributed by atoms with Gasteiger partial charge in [-0.25, -0.2) is 8.42 Å². The minimum atomic E-state index is -3.71. The highest BCUT2D eigenvalue weighted by molar-refractivity contribution is 7.92. The Kier molecular flexibility index (Phi) is 5.27. The number of nitrogens with one attached hydrogen (secondary N) is 2. The molecule has 1 aromatic carbocycles. The van der Waals surface area contributed by atoms with Crippen molar-refractivity contribution < 1.29 is 12.9 Å². The van der Waals surface area contributed by atoms with E-state index in [0.29, 0.717) is 11.4 Å². The van der Waals surface area contributed by atoms with Gasteiger partial charge < -0.3 is 14.7 Å². The molecule has 0 aliphatic heterocycles. The van der Waals surface area contributed by atoms with E-state index in [-0.39, 0.29) is 10.7 Å². The Morgan fingerprint density at radius 2 is 1.74 bits per heavy atom. The van der Waals surface area contributed by atoms with E-state index in [2.05, 4.69) is 20.1 Å². The Labute approximate surface area is 136 Å². The van der Waals surface area contributed by atoms with Crippen LogP contribution < -0.4 is 10.0 Å². The molecule has 0 atom stereocenters. The number of benzene rings is 1. The molecule has 0 spiro atoms. The van der Waals surface area contributed by atoms with Crippen molar-refractivity contribution in [3.63, 3.8) is 0 Å². The van der Waals surface area contributed by atoms with Crippen LogP contribution in [0.1, 0.15) is 11.5 Å². The molecule has 0 bridgehead atoms. The van der Waals surface area contributed by atoms with Gasteiger partial charge in [0.1, 0.15) is 5.69 Å². The summed E-state index contributed by atoms with van der Waals surface area (Å²) in [7, 11) is 0.311. The van der Waals surface area contributed by atoms with Gasteiger partial charge in [0.2, 0.25) is 0 Å². The molecule has 2 rings (SSSR count). The predicted octanol–water partition coefficient (Wildman–Crippen LogP) is 2.07. The van der Waals surface area contributed by atoms with Crippen LogP contribution in [-0.2, 0) is 10.0 Å². The molecule has 23 heavy (non-hydrogen) atoms. The third-order valence-electron chi connectivity index (χ3n) is 3.26. The number of rotatable bonds is 7. The van der Waals surface area contributed by atoms with Crippen LogP contribution in [0.4, 0.5) is 11.4 Å². The molecule has 7 nitrogen and oxygen atoms in total. The highest BCUT2D eigenvalue weighted by Crippen LogP contribution is 2.23. The third kappa shape index (κ3) is 4.46. The average Bonchev–Trinajstić information content (AvgIpc) is 2.80. The molecule has 2 N–H and O–H groups in total. The first-order valence-electron chi connectivity index (χ1n) is 7.24. The zero-order valence-corrected chi connectivity index (χ0v) is 14.6. The number of hydrogen-bond donors (Lipinski definition) is 2. The normalized spacial score (nSPS) is 11.7. The first-order valence-corrected chi connectivity index (χ1v) is 8.72. The molecule has 0 aliphatic carbocycles. The summed E-state index contributed by atoms with van der Waals surface area (Å²) in [6, 6.07) is 7.10. The summed E-state index contributed by atoms with van der Waals surface area (Å²) in [5.41, 5.74) is 1.77. The lowest BCUT2D eigenvalue weighted by atomic mass is 10.3. The molecule has 0 unspecified atom stereocenters. The second-order valence-electron chi connectivity index (χ2n) is 5.57. The van der Waals surface area contributed by atoms with Crippen molar-refractivity contribution in [2.45, 2.75) is 18.7 Å². The molecule has 0 amide bonds. The van der Waals surface area contributed by atoms with Crippen LogP contribution in [0.3, 0.4) is 0 Å². The molecule has 0 aliphatic rings. The SMILES string of the molecule is Cc1noc(C)c1S(=O)(=O)Nc1ccc(NCCN(C)C)cc1. The highest BCUT2D eigenvalue weighted by atomic mass is 32.2. The average molecular weight is 338 g/mol. The van der Waals surface area contributed by atoms with Crippen molar-refractivity contribution in [3.05, 3.63) is 35.7 Å². The number of likely N-dealkylation sites (N-methyl/N-ethyl adjacent to an activating group) is 1. The van der Waals surface area contributed by atoms with E-state index in [1.165, 1.54) is 0 Å². The fourth-order valence-corrected chi connectivity index (χ4v) is 3.53. The van der Waals surface area contributed by atoms with E-state index in [1.54, 1.807) is 26.0 Å². The summed E-state index contributed by atoms with van der Waals surface area (Å²) in [5.74, 6) is 0.275. The molecule has 0 saturated carbocycles. The topological polar surface area (TPSA) is 87.5 Å². The summed E-state index contributed by atoms with van der Waals surface area (Å²) < 4.78 is 32.3. The zero-order valence-electron chi connectivity index (χ0n) is 13.8. The van der Waals surface area contributed by atoms with Gasteiger partial charge in [-0.1, -0.05) is 5.16 Å². The maximum Gasteiger partial charge on any atom is 0.267 e. The quantitative estimate of drug-likeness (QED) is 0.803. The Hall–Kier alpha value is -2.06. The first kappa shape index (κ1) is 17.3. The van der Waals surface area contributed by atoms with Crippen molar-refractivity contribution in [2.24, 2.45) is 0 Å². The maximum absolute atomic E-state index is 12.4. The van der Waals surface area contributed by atoms with Crippen LogP contribution in [0.2, 0.25) is 0 Å². The molecule has 8 heteroatoms.